The lowest BCUT2D eigenvalue weighted by molar-refractivity contribution is -0.138. The molecule has 5 aromatic rings. The molecule has 3 aliphatic rings. The first kappa shape index (κ1) is 38.2. The van der Waals surface area contributed by atoms with E-state index in [0.29, 0.717) is 29.5 Å². The molecule has 2 saturated heterocycles. The molecule has 55 heavy (non-hydrogen) atoms. The van der Waals surface area contributed by atoms with E-state index in [1.807, 2.05) is 0 Å². The minimum atomic E-state index is -5.22. The predicted octanol–water partition coefficient (Wildman–Crippen LogP) is 8.61. The number of ether oxygens (including phenoxy) is 2. The van der Waals surface area contributed by atoms with E-state index in [-0.39, 0.29) is 62.9 Å². The zero-order chi connectivity index (χ0) is 39.3. The minimum Gasteiger partial charge on any atom is -0.490 e. The molecule has 0 amide bonds. The number of anilines is 3. The van der Waals surface area contributed by atoms with E-state index in [0.717, 1.165) is 25.1 Å². The van der Waals surface area contributed by atoms with Crippen molar-refractivity contribution in [3.8, 4) is 29.0 Å². The van der Waals surface area contributed by atoms with Crippen LogP contribution in [0.15, 0.2) is 37.1 Å². The van der Waals surface area contributed by atoms with Crippen molar-refractivity contribution in [3.63, 3.8) is 0 Å². The summed E-state index contributed by atoms with van der Waals surface area (Å²) in [6.45, 7) is 5.28. The largest absolute Gasteiger partial charge is 0.490 e. The number of fused-ring (bicyclic) bond motifs is 2. The Hall–Kier alpha value is -5.05. The molecule has 18 heteroatoms. The summed E-state index contributed by atoms with van der Waals surface area (Å²) < 4.78 is 101. The van der Waals surface area contributed by atoms with Crippen LogP contribution in [0.4, 0.5) is 43.0 Å². The third-order valence-electron chi connectivity index (χ3n) is 10.0. The Morgan fingerprint density at radius 1 is 1.22 bits per heavy atom. The van der Waals surface area contributed by atoms with Gasteiger partial charge in [0.2, 0.25) is 0 Å². The van der Waals surface area contributed by atoms with Crippen molar-refractivity contribution in [1.29, 1.82) is 5.26 Å². The van der Waals surface area contributed by atoms with E-state index in [2.05, 4.69) is 26.4 Å². The lowest BCUT2D eigenvalue weighted by atomic mass is 9.91. The number of pyridine rings is 1. The van der Waals surface area contributed by atoms with Gasteiger partial charge in [0, 0.05) is 35.3 Å². The van der Waals surface area contributed by atoms with E-state index >= 15 is 17.6 Å². The summed E-state index contributed by atoms with van der Waals surface area (Å²) >= 11 is 6.89. The second-order valence-electron chi connectivity index (χ2n) is 13.2. The summed E-state index contributed by atoms with van der Waals surface area (Å²) in [5, 5.41) is 9.24. The van der Waals surface area contributed by atoms with Crippen LogP contribution in [0.3, 0.4) is 0 Å². The molecule has 10 nitrogen and oxygen atoms in total. The topological polar surface area (TPSA) is 139 Å². The van der Waals surface area contributed by atoms with Crippen molar-refractivity contribution in [2.75, 3.05) is 49.7 Å². The Labute approximate surface area is 319 Å². The third kappa shape index (κ3) is 6.80. The number of nitrogens with zero attached hydrogens (tertiary/aromatic N) is 6. The standard InChI is InChI=1S/C30H21ClF5N7O2S.C7H12FN/c1-3-4-17(14-9-12(31)11-40-26(14)38)43-7-8-45-24-20-23(41-29(44-2)42-28(20)43)22(33)19(21(24)30(34,35)36)13-5-6-16(32)25-18(13)15(10-37)27(39)46-25;8-6-4-7-2-1-3-9(7)5-6/h3,5-6,9,11,17H,1,4,7-8,39H2,2H3,(H2,38,40);6-7H,1-5H2/t17-;/m1./s1. The van der Waals surface area contributed by atoms with Gasteiger partial charge in [0.1, 0.15) is 58.1 Å². The highest BCUT2D eigenvalue weighted by Gasteiger charge is 2.44. The van der Waals surface area contributed by atoms with Crippen molar-refractivity contribution >= 4 is 60.6 Å². The Morgan fingerprint density at radius 2 is 2.00 bits per heavy atom. The highest BCUT2D eigenvalue weighted by atomic mass is 35.5. The first-order chi connectivity index (χ1) is 26.3. The van der Waals surface area contributed by atoms with Crippen LogP contribution in [0, 0.1) is 23.0 Å². The van der Waals surface area contributed by atoms with Gasteiger partial charge in [-0.15, -0.1) is 17.9 Å². The van der Waals surface area contributed by atoms with Crippen LogP contribution in [-0.2, 0) is 6.18 Å². The molecule has 3 aliphatic heterocycles. The fraction of sp³-hybridized carbons (Fsp3) is 0.351. The number of thiophene rings is 1. The Kier molecular flexibility index (Phi) is 10.3. The molecular weight excluding hydrogens is 770 g/mol. The Bertz CT molecular complexity index is 2360. The number of nitrogen functional groups attached to an aromatic ring is 2. The van der Waals surface area contributed by atoms with Gasteiger partial charge in [0.05, 0.1) is 40.4 Å². The number of aromatic nitrogens is 3. The van der Waals surface area contributed by atoms with Crippen molar-refractivity contribution in [2.24, 2.45) is 0 Å². The van der Waals surface area contributed by atoms with Crippen LogP contribution in [0.25, 0.3) is 32.1 Å². The quantitative estimate of drug-likeness (QED) is 0.127. The zero-order valence-corrected chi connectivity index (χ0v) is 30.8. The molecule has 2 fully saturated rings. The van der Waals surface area contributed by atoms with Gasteiger partial charge < -0.3 is 25.8 Å². The van der Waals surface area contributed by atoms with Crippen molar-refractivity contribution in [2.45, 2.75) is 50.1 Å². The molecule has 0 saturated carbocycles. The average molecular weight is 803 g/mol. The maximum Gasteiger partial charge on any atom is 0.420 e. The van der Waals surface area contributed by atoms with Gasteiger partial charge in [-0.2, -0.15) is 28.4 Å². The number of hydrogen-bond donors (Lipinski definition) is 2. The summed E-state index contributed by atoms with van der Waals surface area (Å²) in [6, 6.07) is 4.73. The predicted molar refractivity (Wildman–Crippen MR) is 199 cm³/mol. The number of benzene rings is 2. The Morgan fingerprint density at radius 3 is 2.69 bits per heavy atom. The number of hydrogen-bond acceptors (Lipinski definition) is 11. The monoisotopic (exact) mass is 802 g/mol. The van der Waals surface area contributed by atoms with Gasteiger partial charge in [-0.05, 0) is 49.9 Å². The first-order valence-electron chi connectivity index (χ1n) is 17.2. The van der Waals surface area contributed by atoms with Gasteiger partial charge in [-0.3, -0.25) is 4.90 Å². The maximum atomic E-state index is 16.9. The summed E-state index contributed by atoms with van der Waals surface area (Å²) in [4.78, 5) is 16.5. The van der Waals surface area contributed by atoms with Crippen molar-refractivity contribution in [1.82, 2.24) is 19.9 Å². The number of nitrogens with two attached hydrogens (primary N) is 2. The fourth-order valence-electron chi connectivity index (χ4n) is 7.73. The van der Waals surface area contributed by atoms with Gasteiger partial charge in [0.15, 0.2) is 5.82 Å². The molecule has 0 aliphatic carbocycles. The maximum absolute atomic E-state index is 16.9. The highest BCUT2D eigenvalue weighted by Crippen LogP contribution is 2.54. The number of alkyl halides is 4. The van der Waals surface area contributed by atoms with Crippen LogP contribution < -0.4 is 25.8 Å². The second kappa shape index (κ2) is 14.9. The highest BCUT2D eigenvalue weighted by molar-refractivity contribution is 7.23. The van der Waals surface area contributed by atoms with Gasteiger partial charge in [-0.25, -0.2) is 18.2 Å². The summed E-state index contributed by atoms with van der Waals surface area (Å²) in [7, 11) is 1.21. The van der Waals surface area contributed by atoms with E-state index in [1.165, 1.54) is 26.1 Å². The molecule has 2 unspecified atom stereocenters. The number of nitriles is 1. The van der Waals surface area contributed by atoms with Gasteiger partial charge in [0.25, 0.3) is 0 Å². The third-order valence-corrected chi connectivity index (χ3v) is 11.3. The molecule has 288 valence electrons. The zero-order valence-electron chi connectivity index (χ0n) is 29.2. The molecule has 3 atom stereocenters. The summed E-state index contributed by atoms with van der Waals surface area (Å²) in [6.07, 6.45) is 0.704. The second-order valence-corrected chi connectivity index (χ2v) is 14.7. The minimum absolute atomic E-state index is 0.0525. The van der Waals surface area contributed by atoms with Crippen LogP contribution in [-0.4, -0.2) is 65.4 Å². The SMILES string of the molecule is C=CC[C@H](c1cc(Cl)cnc1N)N1CCOc2c(C(F)(F)F)c(-c3ccc(F)c4sc(N)c(C#N)c34)c(F)c3nc(OC)nc1c23.FC1CC2CCCN2C1. The van der Waals surface area contributed by atoms with E-state index in [1.54, 1.807) is 23.1 Å². The molecule has 4 N–H and O–H groups in total. The molecule has 0 bridgehead atoms. The smallest absolute Gasteiger partial charge is 0.420 e. The first-order valence-corrected chi connectivity index (χ1v) is 18.3. The fourth-order valence-corrected chi connectivity index (χ4v) is 8.85. The number of rotatable bonds is 6. The van der Waals surface area contributed by atoms with Gasteiger partial charge in [-0.1, -0.05) is 23.7 Å². The molecule has 0 radical (unpaired) electrons. The molecular formula is C37H33ClF6N8O2S. The lowest BCUT2D eigenvalue weighted by Gasteiger charge is -2.32. The van der Waals surface area contributed by atoms with E-state index < -0.39 is 63.4 Å². The molecule has 0 spiro atoms. The average Bonchev–Trinajstić information content (AvgIpc) is 3.79. The molecule has 3 aromatic heterocycles. The van der Waals surface area contributed by atoms with Crippen LogP contribution >= 0.6 is 22.9 Å². The normalized spacial score (nSPS) is 18.6. The van der Waals surface area contributed by atoms with Crippen LogP contribution in [0.5, 0.6) is 11.8 Å². The summed E-state index contributed by atoms with van der Waals surface area (Å²) in [5.41, 5.74) is 8.77. The van der Waals surface area contributed by atoms with E-state index in [9.17, 15) is 14.0 Å². The Balaban J connectivity index is 0.000000449. The van der Waals surface area contributed by atoms with E-state index in [4.69, 9.17) is 32.5 Å². The lowest BCUT2D eigenvalue weighted by Crippen LogP contribution is -2.33. The van der Waals surface area contributed by atoms with Crippen molar-refractivity contribution < 1.29 is 35.8 Å². The molecule has 8 rings (SSSR count). The molecule has 6 heterocycles. The number of halogens is 7. The van der Waals surface area contributed by atoms with Crippen LogP contribution in [0.1, 0.15) is 48.4 Å². The van der Waals surface area contributed by atoms with Gasteiger partial charge >= 0.3 is 12.2 Å². The van der Waals surface area contributed by atoms with Crippen molar-refractivity contribution in [3.05, 3.63) is 70.4 Å². The molecule has 2 aromatic carbocycles. The van der Waals surface area contributed by atoms with Crippen LogP contribution in [0.2, 0.25) is 5.02 Å². The number of methoxy groups -OCH3 is 1. The summed E-state index contributed by atoms with van der Waals surface area (Å²) in [5.74, 6) is -3.07.